The van der Waals surface area contributed by atoms with Gasteiger partial charge in [0, 0.05) is 55.0 Å². The van der Waals surface area contributed by atoms with Crippen LogP contribution in [-0.4, -0.2) is 68.7 Å². The number of aromatic nitrogens is 6. The lowest BCUT2D eigenvalue weighted by Gasteiger charge is -2.15. The van der Waals surface area contributed by atoms with Crippen molar-refractivity contribution < 1.29 is 21.6 Å². The Balaban J connectivity index is 1.22. The molecule has 5 heterocycles. The second-order valence-electron chi connectivity index (χ2n) is 11.3. The van der Waals surface area contributed by atoms with Crippen LogP contribution in [0.4, 0.5) is 13.2 Å². The Morgan fingerprint density at radius 2 is 1.87 bits per heavy atom. The van der Waals surface area contributed by atoms with Crippen LogP contribution in [0.3, 0.4) is 0 Å². The topological polar surface area (TPSA) is 133 Å². The van der Waals surface area contributed by atoms with Crippen LogP contribution >= 0.6 is 0 Å². The van der Waals surface area contributed by atoms with Crippen LogP contribution in [0.2, 0.25) is 0 Å². The number of sulfonamides is 1. The van der Waals surface area contributed by atoms with Gasteiger partial charge in [0.1, 0.15) is 11.5 Å². The zero-order valence-electron chi connectivity index (χ0n) is 24.0. The summed E-state index contributed by atoms with van der Waals surface area (Å²) in [6.45, 7) is 0.394. The number of hydrogen-bond acceptors (Lipinski definition) is 7. The zero-order valence-corrected chi connectivity index (χ0v) is 24.8. The fourth-order valence-corrected chi connectivity index (χ4v) is 6.10. The molecule has 14 heteroatoms. The van der Waals surface area contributed by atoms with E-state index < -0.39 is 21.8 Å². The minimum atomic E-state index is -3.45. The number of fused-ring (bicyclic) bond motifs is 2. The molecule has 45 heavy (non-hydrogen) atoms. The number of rotatable bonds is 8. The summed E-state index contributed by atoms with van der Waals surface area (Å²) < 4.78 is 67.5. The SMILES string of the molecule is CS(=O)(=O)NCc1cc(F)cc(-c2cccc3[nH]c(-c4n[nH]c5cnc(-c6cncc(CN7CCC(F)(F)C7)c6)cc45)nc23)c1. The normalized spacial score (nSPS) is 15.4. The van der Waals surface area contributed by atoms with Crippen LogP contribution in [0.5, 0.6) is 0 Å². The molecule has 7 rings (SSSR count). The molecule has 1 aliphatic heterocycles. The first kappa shape index (κ1) is 29.1. The van der Waals surface area contributed by atoms with Crippen LogP contribution in [0, 0.1) is 5.82 Å². The Morgan fingerprint density at radius 1 is 1.02 bits per heavy atom. The number of likely N-dealkylation sites (tertiary alicyclic amines) is 1. The first-order valence-corrected chi connectivity index (χ1v) is 16.0. The molecule has 0 amide bonds. The Bertz CT molecular complexity index is 2180. The molecular weight excluding hydrogens is 605 g/mol. The van der Waals surface area contributed by atoms with Gasteiger partial charge in [-0.2, -0.15) is 5.10 Å². The van der Waals surface area contributed by atoms with Crippen LogP contribution < -0.4 is 4.72 Å². The van der Waals surface area contributed by atoms with Crippen molar-refractivity contribution in [1.29, 1.82) is 0 Å². The van der Waals surface area contributed by atoms with Crippen molar-refractivity contribution in [2.24, 2.45) is 0 Å². The molecule has 1 saturated heterocycles. The van der Waals surface area contributed by atoms with Crippen molar-refractivity contribution in [2.45, 2.75) is 25.4 Å². The summed E-state index contributed by atoms with van der Waals surface area (Å²) in [7, 11) is -3.45. The molecule has 6 aromatic rings. The number of nitrogens with one attached hydrogen (secondary N) is 3. The van der Waals surface area contributed by atoms with E-state index in [4.69, 9.17) is 4.98 Å². The Hall–Kier alpha value is -4.66. The third-order valence-corrected chi connectivity index (χ3v) is 8.41. The highest BCUT2D eigenvalue weighted by Gasteiger charge is 2.37. The third-order valence-electron chi connectivity index (χ3n) is 7.74. The van der Waals surface area contributed by atoms with E-state index in [-0.39, 0.29) is 19.5 Å². The maximum atomic E-state index is 14.6. The molecular formula is C31H27F3N8O2S. The van der Waals surface area contributed by atoms with Crippen molar-refractivity contribution in [3.05, 3.63) is 84.1 Å². The largest absolute Gasteiger partial charge is 0.337 e. The van der Waals surface area contributed by atoms with Crippen LogP contribution in [0.25, 0.3) is 55.8 Å². The van der Waals surface area contributed by atoms with E-state index in [1.807, 2.05) is 30.3 Å². The number of para-hydroxylation sites is 1. The van der Waals surface area contributed by atoms with Gasteiger partial charge < -0.3 is 4.98 Å². The first-order valence-electron chi connectivity index (χ1n) is 14.1. The van der Waals surface area contributed by atoms with Crippen LogP contribution in [-0.2, 0) is 23.1 Å². The van der Waals surface area contributed by atoms with E-state index in [9.17, 15) is 21.6 Å². The minimum Gasteiger partial charge on any atom is -0.337 e. The van der Waals surface area contributed by atoms with Gasteiger partial charge in [-0.3, -0.25) is 20.0 Å². The number of halogens is 3. The average molecular weight is 633 g/mol. The highest BCUT2D eigenvalue weighted by molar-refractivity contribution is 7.88. The van der Waals surface area contributed by atoms with Gasteiger partial charge in [-0.1, -0.05) is 12.1 Å². The molecule has 0 atom stereocenters. The number of pyridine rings is 2. The van der Waals surface area contributed by atoms with Gasteiger partial charge in [-0.05, 0) is 53.1 Å². The number of alkyl halides is 2. The van der Waals surface area contributed by atoms with Crippen LogP contribution in [0.15, 0.2) is 67.1 Å². The highest BCUT2D eigenvalue weighted by Crippen LogP contribution is 2.34. The quantitative estimate of drug-likeness (QED) is 0.209. The van der Waals surface area contributed by atoms with E-state index >= 15 is 0 Å². The molecule has 2 aromatic carbocycles. The number of H-pyrrole nitrogens is 2. The number of hydrogen-bond donors (Lipinski definition) is 3. The fourth-order valence-electron chi connectivity index (χ4n) is 5.67. The van der Waals surface area contributed by atoms with Gasteiger partial charge in [-0.25, -0.2) is 31.3 Å². The summed E-state index contributed by atoms with van der Waals surface area (Å²) >= 11 is 0. The predicted molar refractivity (Wildman–Crippen MR) is 164 cm³/mol. The molecule has 4 aromatic heterocycles. The fraction of sp³-hybridized carbons (Fsp3) is 0.226. The number of nitrogens with zero attached hydrogens (tertiary/aromatic N) is 5. The number of benzene rings is 2. The van der Waals surface area contributed by atoms with Gasteiger partial charge in [-0.15, -0.1) is 0 Å². The van der Waals surface area contributed by atoms with Crippen molar-refractivity contribution in [1.82, 2.24) is 39.8 Å². The maximum Gasteiger partial charge on any atom is 0.261 e. The van der Waals surface area contributed by atoms with Crippen LogP contribution in [0.1, 0.15) is 17.5 Å². The van der Waals surface area contributed by atoms with Gasteiger partial charge in [0.25, 0.3) is 5.92 Å². The summed E-state index contributed by atoms with van der Waals surface area (Å²) in [5.74, 6) is -2.68. The van der Waals surface area contributed by atoms with E-state index in [1.54, 1.807) is 29.6 Å². The van der Waals surface area contributed by atoms with E-state index in [2.05, 4.69) is 29.9 Å². The van der Waals surface area contributed by atoms with E-state index in [0.29, 0.717) is 63.5 Å². The standard InChI is InChI=1S/C31H27F3N8O2S/c1-45(43,44)37-13-18-7-20(10-22(32)9-18)23-3-2-4-25-28(23)39-30(38-25)29-24-11-26(36-15-27(24)40-41-29)21-8-19(12-35-14-21)16-42-6-5-31(33,34)17-42/h2-4,7-12,14-15,37H,5-6,13,16-17H2,1H3,(H,38,39)(H,40,41). The lowest BCUT2D eigenvalue weighted by atomic mass is 10.0. The average Bonchev–Trinajstić information content (AvgIpc) is 3.71. The summed E-state index contributed by atoms with van der Waals surface area (Å²) in [5.41, 5.74) is 6.42. The highest BCUT2D eigenvalue weighted by atomic mass is 32.2. The molecule has 230 valence electrons. The minimum absolute atomic E-state index is 0.0480. The summed E-state index contributed by atoms with van der Waals surface area (Å²) in [5, 5.41) is 8.24. The molecule has 0 bridgehead atoms. The summed E-state index contributed by atoms with van der Waals surface area (Å²) in [6.07, 6.45) is 5.94. The Morgan fingerprint density at radius 3 is 2.67 bits per heavy atom. The Kier molecular flexibility index (Phi) is 7.14. The monoisotopic (exact) mass is 632 g/mol. The lowest BCUT2D eigenvalue weighted by Crippen LogP contribution is -2.24. The van der Waals surface area contributed by atoms with Gasteiger partial charge in [0.15, 0.2) is 5.82 Å². The van der Waals surface area contributed by atoms with E-state index in [1.165, 1.54) is 12.1 Å². The number of imidazole rings is 1. The molecule has 0 radical (unpaired) electrons. The van der Waals surface area contributed by atoms with E-state index in [0.717, 1.165) is 22.8 Å². The smallest absolute Gasteiger partial charge is 0.261 e. The first-order chi connectivity index (χ1) is 21.5. The molecule has 0 saturated carbocycles. The Labute approximate surface area is 255 Å². The van der Waals surface area contributed by atoms with Crippen molar-refractivity contribution in [2.75, 3.05) is 19.3 Å². The lowest BCUT2D eigenvalue weighted by molar-refractivity contribution is 0.0115. The predicted octanol–water partition coefficient (Wildman–Crippen LogP) is 5.26. The van der Waals surface area contributed by atoms with Crippen molar-refractivity contribution >= 4 is 32.0 Å². The second kappa shape index (κ2) is 11.1. The summed E-state index contributed by atoms with van der Waals surface area (Å²) in [6, 6.07) is 13.7. The molecule has 0 spiro atoms. The number of aromatic amines is 2. The maximum absolute atomic E-state index is 14.6. The molecule has 1 fully saturated rings. The van der Waals surface area contributed by atoms with Gasteiger partial charge >= 0.3 is 0 Å². The molecule has 3 N–H and O–H groups in total. The molecule has 1 aliphatic rings. The van der Waals surface area contributed by atoms with Crippen molar-refractivity contribution in [3.8, 4) is 33.9 Å². The summed E-state index contributed by atoms with van der Waals surface area (Å²) in [4.78, 5) is 18.8. The molecule has 0 aliphatic carbocycles. The zero-order chi connectivity index (χ0) is 31.3. The van der Waals surface area contributed by atoms with Gasteiger partial charge in [0.05, 0.1) is 41.2 Å². The molecule has 0 unspecified atom stereocenters. The second-order valence-corrected chi connectivity index (χ2v) is 13.1. The van der Waals surface area contributed by atoms with Crippen molar-refractivity contribution in [3.63, 3.8) is 0 Å². The molecule has 10 nitrogen and oxygen atoms in total. The van der Waals surface area contributed by atoms with Gasteiger partial charge in [0.2, 0.25) is 10.0 Å². The third kappa shape index (κ3) is 6.16.